The van der Waals surface area contributed by atoms with Gasteiger partial charge in [0.05, 0.1) is 15.7 Å². The molecule has 0 heterocycles. The zero-order valence-corrected chi connectivity index (χ0v) is 9.52. The molecule has 0 bridgehead atoms. The smallest absolute Gasteiger partial charge is 0.201 e. The molecule has 0 saturated heterocycles. The summed E-state index contributed by atoms with van der Waals surface area (Å²) in [6, 6.07) is 11.0. The van der Waals surface area contributed by atoms with E-state index in [0.717, 1.165) is 0 Å². The predicted octanol–water partition coefficient (Wildman–Crippen LogP) is 1.97. The summed E-state index contributed by atoms with van der Waals surface area (Å²) in [6.45, 7) is 0. The number of benzene rings is 2. The number of phenols is 3. The van der Waals surface area contributed by atoms with E-state index in [1.165, 1.54) is 12.1 Å². The number of rotatable bonds is 2. The maximum absolute atomic E-state index is 12.1. The minimum Gasteiger partial charge on any atom is -0.504 e. The average Bonchev–Trinajstić information content (AvgIpc) is 2.36. The Balaban J connectivity index is 2.49. The van der Waals surface area contributed by atoms with Crippen LogP contribution in [-0.2, 0) is 10.8 Å². The molecule has 0 spiro atoms. The van der Waals surface area contributed by atoms with Crippen LogP contribution in [0, 0.1) is 0 Å². The van der Waals surface area contributed by atoms with Crippen molar-refractivity contribution in [3.63, 3.8) is 0 Å². The fourth-order valence-electron chi connectivity index (χ4n) is 1.37. The van der Waals surface area contributed by atoms with E-state index in [0.29, 0.717) is 4.90 Å². The topological polar surface area (TPSA) is 77.8 Å². The first-order valence-corrected chi connectivity index (χ1v) is 5.97. The first-order valence-electron chi connectivity index (χ1n) is 4.82. The van der Waals surface area contributed by atoms with Gasteiger partial charge in [-0.05, 0) is 24.3 Å². The minimum absolute atomic E-state index is 0.0616. The molecule has 0 aliphatic rings. The molecular formula is C12H10O4S. The second kappa shape index (κ2) is 4.47. The van der Waals surface area contributed by atoms with Gasteiger partial charge in [-0.25, -0.2) is 4.21 Å². The van der Waals surface area contributed by atoms with Crippen LogP contribution in [0.2, 0.25) is 0 Å². The van der Waals surface area contributed by atoms with E-state index in [9.17, 15) is 14.4 Å². The van der Waals surface area contributed by atoms with Crippen LogP contribution in [0.25, 0.3) is 0 Å². The van der Waals surface area contributed by atoms with Crippen molar-refractivity contribution >= 4 is 10.8 Å². The lowest BCUT2D eigenvalue weighted by Gasteiger charge is -2.07. The van der Waals surface area contributed by atoms with Crippen molar-refractivity contribution in [1.82, 2.24) is 0 Å². The number of hydrogen-bond donors (Lipinski definition) is 3. The van der Waals surface area contributed by atoms with E-state index < -0.39 is 28.0 Å². The van der Waals surface area contributed by atoms with E-state index in [4.69, 9.17) is 5.11 Å². The molecule has 0 fully saturated rings. The summed E-state index contributed by atoms with van der Waals surface area (Å²) in [5.41, 5.74) is 0. The second-order valence-corrected chi connectivity index (χ2v) is 4.81. The van der Waals surface area contributed by atoms with Gasteiger partial charge in [0.25, 0.3) is 0 Å². The minimum atomic E-state index is -1.60. The Morgan fingerprint density at radius 2 is 1.47 bits per heavy atom. The standard InChI is InChI=1S/C12H10O4S/c13-9-6-7-10(12(15)11(9)14)17(16)8-4-2-1-3-5-8/h1-7,13-15H. The molecule has 0 aromatic heterocycles. The third-order valence-electron chi connectivity index (χ3n) is 2.25. The fourth-order valence-corrected chi connectivity index (χ4v) is 2.49. The zero-order valence-electron chi connectivity index (χ0n) is 8.70. The van der Waals surface area contributed by atoms with Crippen LogP contribution in [0.5, 0.6) is 17.2 Å². The van der Waals surface area contributed by atoms with Gasteiger partial charge >= 0.3 is 0 Å². The SMILES string of the molecule is O=S(c1ccccc1)c1ccc(O)c(O)c1O. The summed E-state index contributed by atoms with van der Waals surface area (Å²) >= 11 is 0. The summed E-state index contributed by atoms with van der Waals surface area (Å²) in [4.78, 5) is 0.569. The van der Waals surface area contributed by atoms with Crippen LogP contribution < -0.4 is 0 Å². The van der Waals surface area contributed by atoms with E-state index in [1.807, 2.05) is 0 Å². The van der Waals surface area contributed by atoms with Crippen molar-refractivity contribution in [2.24, 2.45) is 0 Å². The van der Waals surface area contributed by atoms with Gasteiger partial charge in [0, 0.05) is 4.90 Å². The quantitative estimate of drug-likeness (QED) is 0.712. The summed E-state index contributed by atoms with van der Waals surface area (Å²) in [6.07, 6.45) is 0. The Kier molecular flexibility index (Phi) is 3.01. The normalized spacial score (nSPS) is 12.2. The largest absolute Gasteiger partial charge is 0.504 e. The van der Waals surface area contributed by atoms with Crippen LogP contribution in [0.3, 0.4) is 0 Å². The van der Waals surface area contributed by atoms with E-state index >= 15 is 0 Å². The molecule has 0 amide bonds. The van der Waals surface area contributed by atoms with Crippen molar-refractivity contribution in [2.75, 3.05) is 0 Å². The Labute approximate surface area is 100 Å². The molecule has 0 radical (unpaired) electrons. The highest BCUT2D eigenvalue weighted by Gasteiger charge is 2.17. The molecule has 2 rings (SSSR count). The van der Waals surface area contributed by atoms with Crippen molar-refractivity contribution in [1.29, 1.82) is 0 Å². The molecular weight excluding hydrogens is 240 g/mol. The van der Waals surface area contributed by atoms with Gasteiger partial charge in [-0.2, -0.15) is 0 Å². The molecule has 2 aromatic carbocycles. The van der Waals surface area contributed by atoms with E-state index in [2.05, 4.69) is 0 Å². The van der Waals surface area contributed by atoms with Gasteiger partial charge in [0.2, 0.25) is 5.75 Å². The number of hydrogen-bond acceptors (Lipinski definition) is 4. The van der Waals surface area contributed by atoms with Crippen LogP contribution in [-0.4, -0.2) is 19.5 Å². The van der Waals surface area contributed by atoms with Gasteiger partial charge in [-0.15, -0.1) is 0 Å². The lowest BCUT2D eigenvalue weighted by Crippen LogP contribution is -1.93. The number of aromatic hydroxyl groups is 3. The molecule has 17 heavy (non-hydrogen) atoms. The van der Waals surface area contributed by atoms with Gasteiger partial charge in [-0.3, -0.25) is 0 Å². The second-order valence-electron chi connectivity index (χ2n) is 3.36. The van der Waals surface area contributed by atoms with E-state index in [-0.39, 0.29) is 4.90 Å². The van der Waals surface area contributed by atoms with Crippen LogP contribution in [0.15, 0.2) is 52.3 Å². The summed E-state index contributed by atoms with van der Waals surface area (Å²) in [5.74, 6) is -1.67. The fraction of sp³-hybridized carbons (Fsp3) is 0. The highest BCUT2D eigenvalue weighted by Crippen LogP contribution is 2.39. The summed E-state index contributed by atoms with van der Waals surface area (Å²) in [7, 11) is -1.60. The Morgan fingerprint density at radius 1 is 0.824 bits per heavy atom. The van der Waals surface area contributed by atoms with Gasteiger partial charge in [0.1, 0.15) is 0 Å². The maximum atomic E-state index is 12.1. The molecule has 1 atom stereocenters. The zero-order chi connectivity index (χ0) is 12.4. The Bertz CT molecular complexity index is 566. The Morgan fingerprint density at radius 3 is 2.12 bits per heavy atom. The molecule has 0 saturated carbocycles. The molecule has 4 nitrogen and oxygen atoms in total. The van der Waals surface area contributed by atoms with Crippen LogP contribution in [0.4, 0.5) is 0 Å². The summed E-state index contributed by atoms with van der Waals surface area (Å²) in [5, 5.41) is 28.1. The predicted molar refractivity (Wildman–Crippen MR) is 62.6 cm³/mol. The monoisotopic (exact) mass is 250 g/mol. The molecule has 5 heteroatoms. The molecule has 1 unspecified atom stereocenters. The lowest BCUT2D eigenvalue weighted by atomic mass is 10.3. The van der Waals surface area contributed by atoms with Gasteiger partial charge < -0.3 is 15.3 Å². The molecule has 0 aliphatic carbocycles. The van der Waals surface area contributed by atoms with Crippen LogP contribution >= 0.6 is 0 Å². The van der Waals surface area contributed by atoms with Crippen molar-refractivity contribution in [2.45, 2.75) is 9.79 Å². The summed E-state index contributed by atoms with van der Waals surface area (Å²) < 4.78 is 12.1. The molecule has 0 aliphatic heterocycles. The molecule has 2 aromatic rings. The van der Waals surface area contributed by atoms with E-state index in [1.54, 1.807) is 30.3 Å². The third-order valence-corrected chi connectivity index (χ3v) is 3.68. The Hall–Kier alpha value is -2.01. The lowest BCUT2D eigenvalue weighted by molar-refractivity contribution is 0.361. The van der Waals surface area contributed by atoms with Crippen LogP contribution in [0.1, 0.15) is 0 Å². The highest BCUT2D eigenvalue weighted by molar-refractivity contribution is 7.85. The molecule has 88 valence electrons. The molecule has 3 N–H and O–H groups in total. The van der Waals surface area contributed by atoms with Crippen molar-refractivity contribution in [3.05, 3.63) is 42.5 Å². The van der Waals surface area contributed by atoms with Crippen molar-refractivity contribution < 1.29 is 19.5 Å². The number of phenolic OH excluding ortho intramolecular Hbond substituents is 3. The average molecular weight is 250 g/mol. The third kappa shape index (κ3) is 2.09. The van der Waals surface area contributed by atoms with Crippen molar-refractivity contribution in [3.8, 4) is 17.2 Å². The van der Waals surface area contributed by atoms with Gasteiger partial charge in [0.15, 0.2) is 11.5 Å². The van der Waals surface area contributed by atoms with Gasteiger partial charge in [-0.1, -0.05) is 18.2 Å². The first kappa shape index (κ1) is 11.5. The first-order chi connectivity index (χ1) is 8.11. The maximum Gasteiger partial charge on any atom is 0.201 e. The highest BCUT2D eigenvalue weighted by atomic mass is 32.2.